The van der Waals surface area contributed by atoms with Gasteiger partial charge in [0, 0.05) is 24.7 Å². The number of amides is 1. The lowest BCUT2D eigenvalue weighted by atomic mass is 9.94. The first-order valence-electron chi connectivity index (χ1n) is 7.14. The number of rotatable bonds is 2. The molecule has 1 aromatic carbocycles. The van der Waals surface area contributed by atoms with Gasteiger partial charge in [0.1, 0.15) is 0 Å². The number of carbonyl (C=O) groups is 1. The molecule has 1 aromatic rings. The molecule has 3 nitrogen and oxygen atoms in total. The lowest BCUT2D eigenvalue weighted by Gasteiger charge is -2.35. The molecule has 0 spiro atoms. The number of hydrogen-bond acceptors (Lipinski definition) is 2. The molecule has 3 heteroatoms. The minimum absolute atomic E-state index is 0.133. The van der Waals surface area contributed by atoms with Gasteiger partial charge in [0.2, 0.25) is 0 Å². The van der Waals surface area contributed by atoms with Crippen LogP contribution in [0.4, 0.5) is 0 Å². The summed E-state index contributed by atoms with van der Waals surface area (Å²) in [5, 5.41) is 0. The standard InChI is InChI=1S/C16H24N2O/c1-11(2)13-4-6-14(7-5-13)16(19)18-9-8-15(17)12(3)10-18/h4-7,11-12,15H,8-10,17H2,1-3H3. The summed E-state index contributed by atoms with van der Waals surface area (Å²) < 4.78 is 0. The van der Waals surface area contributed by atoms with E-state index >= 15 is 0 Å². The zero-order valence-corrected chi connectivity index (χ0v) is 12.1. The molecule has 0 aromatic heterocycles. The lowest BCUT2D eigenvalue weighted by Crippen LogP contribution is -2.48. The Morgan fingerprint density at radius 3 is 2.47 bits per heavy atom. The van der Waals surface area contributed by atoms with Crippen LogP contribution in [0.1, 0.15) is 49.0 Å². The molecule has 2 unspecified atom stereocenters. The van der Waals surface area contributed by atoms with E-state index in [2.05, 4.69) is 32.9 Å². The fourth-order valence-electron chi connectivity index (χ4n) is 2.54. The van der Waals surface area contributed by atoms with Gasteiger partial charge in [-0.3, -0.25) is 4.79 Å². The van der Waals surface area contributed by atoms with E-state index in [1.54, 1.807) is 0 Å². The smallest absolute Gasteiger partial charge is 0.253 e. The van der Waals surface area contributed by atoms with Crippen LogP contribution in [-0.2, 0) is 0 Å². The van der Waals surface area contributed by atoms with Crippen LogP contribution in [-0.4, -0.2) is 29.9 Å². The maximum Gasteiger partial charge on any atom is 0.253 e. The summed E-state index contributed by atoms with van der Waals surface area (Å²) in [7, 11) is 0. The van der Waals surface area contributed by atoms with E-state index in [4.69, 9.17) is 5.73 Å². The molecular weight excluding hydrogens is 236 g/mol. The van der Waals surface area contributed by atoms with Crippen molar-refractivity contribution in [3.05, 3.63) is 35.4 Å². The Bertz CT molecular complexity index is 439. The average molecular weight is 260 g/mol. The summed E-state index contributed by atoms with van der Waals surface area (Å²) >= 11 is 0. The summed E-state index contributed by atoms with van der Waals surface area (Å²) in [6.45, 7) is 7.98. The maximum absolute atomic E-state index is 12.4. The fourth-order valence-corrected chi connectivity index (χ4v) is 2.54. The van der Waals surface area contributed by atoms with E-state index in [-0.39, 0.29) is 11.9 Å². The second-order valence-electron chi connectivity index (χ2n) is 5.96. The van der Waals surface area contributed by atoms with Crippen LogP contribution in [0.3, 0.4) is 0 Å². The van der Waals surface area contributed by atoms with E-state index in [1.807, 2.05) is 17.0 Å². The molecule has 1 aliphatic rings. The number of nitrogens with two attached hydrogens (primary N) is 1. The minimum Gasteiger partial charge on any atom is -0.338 e. The van der Waals surface area contributed by atoms with Crippen molar-refractivity contribution in [2.45, 2.75) is 39.2 Å². The van der Waals surface area contributed by atoms with Crippen molar-refractivity contribution in [3.8, 4) is 0 Å². The number of benzene rings is 1. The first kappa shape index (κ1) is 14.1. The van der Waals surface area contributed by atoms with E-state index in [0.29, 0.717) is 11.8 Å². The molecule has 1 fully saturated rings. The molecule has 0 bridgehead atoms. The first-order valence-corrected chi connectivity index (χ1v) is 7.14. The van der Waals surface area contributed by atoms with Crippen LogP contribution in [0.5, 0.6) is 0 Å². The third-order valence-corrected chi connectivity index (χ3v) is 4.08. The topological polar surface area (TPSA) is 46.3 Å². The average Bonchev–Trinajstić information content (AvgIpc) is 2.41. The molecule has 1 heterocycles. The highest BCUT2D eigenvalue weighted by atomic mass is 16.2. The van der Waals surface area contributed by atoms with Gasteiger partial charge in [-0.2, -0.15) is 0 Å². The van der Waals surface area contributed by atoms with Gasteiger partial charge in [0.25, 0.3) is 5.91 Å². The van der Waals surface area contributed by atoms with Crippen molar-refractivity contribution >= 4 is 5.91 Å². The summed E-state index contributed by atoms with van der Waals surface area (Å²) in [5.74, 6) is 1.01. The van der Waals surface area contributed by atoms with E-state index in [1.165, 1.54) is 5.56 Å². The molecule has 1 amide bonds. The largest absolute Gasteiger partial charge is 0.338 e. The molecule has 0 saturated carbocycles. The van der Waals surface area contributed by atoms with Crippen LogP contribution in [0.25, 0.3) is 0 Å². The van der Waals surface area contributed by atoms with E-state index in [0.717, 1.165) is 25.1 Å². The van der Waals surface area contributed by atoms with Gasteiger partial charge in [-0.15, -0.1) is 0 Å². The minimum atomic E-state index is 0.133. The second-order valence-corrected chi connectivity index (χ2v) is 5.96. The molecule has 2 atom stereocenters. The number of hydrogen-bond donors (Lipinski definition) is 1. The Balaban J connectivity index is 2.07. The Kier molecular flexibility index (Phi) is 4.25. The predicted molar refractivity (Wildman–Crippen MR) is 78.2 cm³/mol. The summed E-state index contributed by atoms with van der Waals surface area (Å²) in [4.78, 5) is 14.3. The fraction of sp³-hybridized carbons (Fsp3) is 0.562. The summed E-state index contributed by atoms with van der Waals surface area (Å²) in [5.41, 5.74) is 8.05. The number of carbonyl (C=O) groups excluding carboxylic acids is 1. The molecule has 2 N–H and O–H groups in total. The van der Waals surface area contributed by atoms with Crippen molar-refractivity contribution in [2.24, 2.45) is 11.7 Å². The van der Waals surface area contributed by atoms with Gasteiger partial charge < -0.3 is 10.6 Å². The first-order chi connectivity index (χ1) is 8.99. The quantitative estimate of drug-likeness (QED) is 0.888. The number of nitrogens with zero attached hydrogens (tertiary/aromatic N) is 1. The molecule has 1 saturated heterocycles. The van der Waals surface area contributed by atoms with Crippen molar-refractivity contribution in [1.82, 2.24) is 4.90 Å². The van der Waals surface area contributed by atoms with Gasteiger partial charge in [-0.25, -0.2) is 0 Å². The highest BCUT2D eigenvalue weighted by Gasteiger charge is 2.26. The number of likely N-dealkylation sites (tertiary alicyclic amines) is 1. The SMILES string of the molecule is CC(C)c1ccc(C(=O)N2CCC(N)C(C)C2)cc1. The maximum atomic E-state index is 12.4. The molecule has 0 aliphatic carbocycles. The van der Waals surface area contributed by atoms with Crippen molar-refractivity contribution in [1.29, 1.82) is 0 Å². The Morgan fingerprint density at radius 2 is 1.95 bits per heavy atom. The number of piperidine rings is 1. The van der Waals surface area contributed by atoms with Crippen molar-refractivity contribution in [3.63, 3.8) is 0 Å². The van der Waals surface area contributed by atoms with E-state index in [9.17, 15) is 4.79 Å². The molecule has 19 heavy (non-hydrogen) atoms. The zero-order valence-electron chi connectivity index (χ0n) is 12.1. The van der Waals surface area contributed by atoms with Crippen LogP contribution >= 0.6 is 0 Å². The molecular formula is C16H24N2O. The summed E-state index contributed by atoms with van der Waals surface area (Å²) in [6, 6.07) is 8.22. The van der Waals surface area contributed by atoms with Gasteiger partial charge in [-0.1, -0.05) is 32.9 Å². The van der Waals surface area contributed by atoms with Crippen LogP contribution in [0.2, 0.25) is 0 Å². The Labute approximate surface area is 115 Å². The van der Waals surface area contributed by atoms with Crippen LogP contribution < -0.4 is 5.73 Å². The zero-order chi connectivity index (χ0) is 14.0. The van der Waals surface area contributed by atoms with Crippen molar-refractivity contribution < 1.29 is 4.79 Å². The highest BCUT2D eigenvalue weighted by molar-refractivity contribution is 5.94. The third kappa shape index (κ3) is 3.16. The summed E-state index contributed by atoms with van der Waals surface area (Å²) in [6.07, 6.45) is 0.900. The van der Waals surface area contributed by atoms with Gasteiger partial charge >= 0.3 is 0 Å². The third-order valence-electron chi connectivity index (χ3n) is 4.08. The Hall–Kier alpha value is -1.35. The Morgan fingerprint density at radius 1 is 1.32 bits per heavy atom. The monoisotopic (exact) mass is 260 g/mol. The van der Waals surface area contributed by atoms with E-state index < -0.39 is 0 Å². The van der Waals surface area contributed by atoms with Crippen LogP contribution in [0.15, 0.2) is 24.3 Å². The van der Waals surface area contributed by atoms with Crippen molar-refractivity contribution in [2.75, 3.05) is 13.1 Å². The van der Waals surface area contributed by atoms with Gasteiger partial charge in [0.15, 0.2) is 0 Å². The predicted octanol–water partition coefficient (Wildman–Crippen LogP) is 2.62. The van der Waals surface area contributed by atoms with Crippen LogP contribution in [0, 0.1) is 5.92 Å². The molecule has 2 rings (SSSR count). The molecule has 1 aliphatic heterocycles. The highest BCUT2D eigenvalue weighted by Crippen LogP contribution is 2.19. The normalized spacial score (nSPS) is 23.7. The molecule has 0 radical (unpaired) electrons. The second kappa shape index (κ2) is 5.74. The van der Waals surface area contributed by atoms with Gasteiger partial charge in [-0.05, 0) is 36.0 Å². The van der Waals surface area contributed by atoms with Gasteiger partial charge in [0.05, 0.1) is 0 Å². The molecule has 104 valence electrons. The lowest BCUT2D eigenvalue weighted by molar-refractivity contribution is 0.0664.